The first-order valence-corrected chi connectivity index (χ1v) is 7.32. The van der Waals surface area contributed by atoms with Gasteiger partial charge in [-0.3, -0.25) is 4.68 Å². The molecule has 0 amide bonds. The van der Waals surface area contributed by atoms with Crippen LogP contribution in [0.3, 0.4) is 0 Å². The normalized spacial score (nSPS) is 26.2. The SMILES string of the molecule is CCCCC1CCC(C(N)c2cnnn2C)CC1. The smallest absolute Gasteiger partial charge is 0.0753 e. The second-order valence-electron chi connectivity index (χ2n) is 5.73. The molecule has 2 N–H and O–H groups in total. The molecule has 1 atom stereocenters. The lowest BCUT2D eigenvalue weighted by molar-refractivity contribution is 0.228. The summed E-state index contributed by atoms with van der Waals surface area (Å²) in [6, 6.07) is 0.108. The standard InChI is InChI=1S/C14H26N4/c1-3-4-5-11-6-8-12(9-7-11)14(15)13-10-16-17-18(13)2/h10-12,14H,3-9,15H2,1-2H3. The van der Waals surface area contributed by atoms with Crippen molar-refractivity contribution in [2.24, 2.45) is 24.6 Å². The molecule has 0 aliphatic heterocycles. The number of nitrogens with two attached hydrogens (primary N) is 1. The summed E-state index contributed by atoms with van der Waals surface area (Å²) >= 11 is 0. The first-order valence-electron chi connectivity index (χ1n) is 7.32. The number of hydrogen-bond donors (Lipinski definition) is 1. The van der Waals surface area contributed by atoms with Crippen LogP contribution < -0.4 is 5.73 Å². The molecule has 1 unspecified atom stereocenters. The van der Waals surface area contributed by atoms with Crippen molar-refractivity contribution in [2.45, 2.75) is 57.9 Å². The lowest BCUT2D eigenvalue weighted by Gasteiger charge is -2.32. The summed E-state index contributed by atoms with van der Waals surface area (Å²) in [5, 5.41) is 7.90. The maximum atomic E-state index is 6.36. The van der Waals surface area contributed by atoms with Gasteiger partial charge in [0.2, 0.25) is 0 Å². The monoisotopic (exact) mass is 250 g/mol. The highest BCUT2D eigenvalue weighted by Gasteiger charge is 2.27. The molecule has 1 aromatic heterocycles. The second-order valence-corrected chi connectivity index (χ2v) is 5.73. The van der Waals surface area contributed by atoms with E-state index in [-0.39, 0.29) is 6.04 Å². The molecule has 1 aliphatic rings. The van der Waals surface area contributed by atoms with Gasteiger partial charge in [0.05, 0.1) is 17.9 Å². The van der Waals surface area contributed by atoms with Crippen LogP contribution in [0.25, 0.3) is 0 Å². The summed E-state index contributed by atoms with van der Waals surface area (Å²) < 4.78 is 1.81. The van der Waals surface area contributed by atoms with Gasteiger partial charge in [-0.15, -0.1) is 5.10 Å². The number of aromatic nitrogens is 3. The van der Waals surface area contributed by atoms with Gasteiger partial charge >= 0.3 is 0 Å². The Morgan fingerprint density at radius 1 is 1.39 bits per heavy atom. The summed E-state index contributed by atoms with van der Waals surface area (Å²) in [6.45, 7) is 2.27. The van der Waals surface area contributed by atoms with E-state index >= 15 is 0 Å². The van der Waals surface area contributed by atoms with Crippen molar-refractivity contribution < 1.29 is 0 Å². The Hall–Kier alpha value is -0.900. The molecule has 0 saturated heterocycles. The van der Waals surface area contributed by atoms with E-state index in [0.717, 1.165) is 11.6 Å². The predicted octanol–water partition coefficient (Wildman–Crippen LogP) is 2.81. The van der Waals surface area contributed by atoms with Crippen molar-refractivity contribution in [3.8, 4) is 0 Å². The van der Waals surface area contributed by atoms with Crippen molar-refractivity contribution in [3.63, 3.8) is 0 Å². The molecule has 4 heteroatoms. The first-order chi connectivity index (χ1) is 8.72. The van der Waals surface area contributed by atoms with Crippen LogP contribution in [0.4, 0.5) is 0 Å². The van der Waals surface area contributed by atoms with E-state index in [1.807, 2.05) is 17.9 Å². The number of nitrogens with zero attached hydrogens (tertiary/aromatic N) is 3. The molecule has 1 aliphatic carbocycles. The molecular weight excluding hydrogens is 224 g/mol. The maximum Gasteiger partial charge on any atom is 0.0753 e. The molecule has 1 fully saturated rings. The Morgan fingerprint density at radius 3 is 2.67 bits per heavy atom. The molecule has 2 rings (SSSR count). The van der Waals surface area contributed by atoms with Gasteiger partial charge in [0.1, 0.15) is 0 Å². The minimum Gasteiger partial charge on any atom is -0.322 e. The van der Waals surface area contributed by atoms with E-state index in [1.165, 1.54) is 44.9 Å². The van der Waals surface area contributed by atoms with Crippen LogP contribution in [0.1, 0.15) is 63.6 Å². The molecule has 1 heterocycles. The van der Waals surface area contributed by atoms with Gasteiger partial charge in [0.15, 0.2) is 0 Å². The van der Waals surface area contributed by atoms with Crippen LogP contribution >= 0.6 is 0 Å². The third-order valence-corrected chi connectivity index (χ3v) is 4.46. The molecule has 4 nitrogen and oxygen atoms in total. The van der Waals surface area contributed by atoms with Crippen LogP contribution in [0, 0.1) is 11.8 Å². The molecule has 0 radical (unpaired) electrons. The Balaban J connectivity index is 1.84. The van der Waals surface area contributed by atoms with E-state index in [0.29, 0.717) is 5.92 Å². The van der Waals surface area contributed by atoms with Gasteiger partial charge in [-0.25, -0.2) is 0 Å². The Kier molecular flexibility index (Phi) is 4.75. The zero-order chi connectivity index (χ0) is 13.0. The Labute approximate surface area is 110 Å². The summed E-state index contributed by atoms with van der Waals surface area (Å²) in [7, 11) is 1.93. The lowest BCUT2D eigenvalue weighted by Crippen LogP contribution is -2.27. The molecule has 102 valence electrons. The third-order valence-electron chi connectivity index (χ3n) is 4.46. The molecule has 1 aromatic rings. The number of rotatable bonds is 5. The minimum atomic E-state index is 0.108. The van der Waals surface area contributed by atoms with Gasteiger partial charge < -0.3 is 5.73 Å². The van der Waals surface area contributed by atoms with E-state index in [9.17, 15) is 0 Å². The van der Waals surface area contributed by atoms with Gasteiger partial charge in [-0.05, 0) is 24.7 Å². The van der Waals surface area contributed by atoms with Crippen molar-refractivity contribution in [3.05, 3.63) is 11.9 Å². The first kappa shape index (κ1) is 13.5. The average Bonchev–Trinajstić information content (AvgIpc) is 2.82. The van der Waals surface area contributed by atoms with E-state index in [4.69, 9.17) is 5.73 Å². The van der Waals surface area contributed by atoms with E-state index < -0.39 is 0 Å². The van der Waals surface area contributed by atoms with Crippen LogP contribution in [-0.4, -0.2) is 15.0 Å². The van der Waals surface area contributed by atoms with Crippen LogP contribution in [0.2, 0.25) is 0 Å². The fourth-order valence-electron chi connectivity index (χ4n) is 3.17. The van der Waals surface area contributed by atoms with Crippen molar-refractivity contribution in [1.82, 2.24) is 15.0 Å². The second kappa shape index (κ2) is 6.32. The fraction of sp³-hybridized carbons (Fsp3) is 0.857. The highest BCUT2D eigenvalue weighted by atomic mass is 15.4. The Morgan fingerprint density at radius 2 is 2.11 bits per heavy atom. The van der Waals surface area contributed by atoms with Crippen LogP contribution in [-0.2, 0) is 7.05 Å². The maximum absolute atomic E-state index is 6.36. The van der Waals surface area contributed by atoms with E-state index in [2.05, 4.69) is 17.2 Å². The molecule has 1 saturated carbocycles. The quantitative estimate of drug-likeness (QED) is 0.874. The fourth-order valence-corrected chi connectivity index (χ4v) is 3.17. The lowest BCUT2D eigenvalue weighted by atomic mass is 9.76. The van der Waals surface area contributed by atoms with Crippen LogP contribution in [0.5, 0.6) is 0 Å². The largest absolute Gasteiger partial charge is 0.322 e. The molecule has 0 spiro atoms. The summed E-state index contributed by atoms with van der Waals surface area (Å²) in [4.78, 5) is 0. The van der Waals surface area contributed by atoms with Crippen LogP contribution in [0.15, 0.2) is 6.20 Å². The predicted molar refractivity (Wildman–Crippen MR) is 72.9 cm³/mol. The molecular formula is C14H26N4. The van der Waals surface area contributed by atoms with Gasteiger partial charge in [-0.1, -0.05) is 44.2 Å². The third kappa shape index (κ3) is 3.10. The van der Waals surface area contributed by atoms with Crippen molar-refractivity contribution >= 4 is 0 Å². The zero-order valence-corrected chi connectivity index (χ0v) is 11.7. The minimum absolute atomic E-state index is 0.108. The van der Waals surface area contributed by atoms with Gasteiger partial charge in [0, 0.05) is 7.05 Å². The average molecular weight is 250 g/mol. The van der Waals surface area contributed by atoms with Crippen molar-refractivity contribution in [2.75, 3.05) is 0 Å². The number of hydrogen-bond acceptors (Lipinski definition) is 3. The Bertz CT molecular complexity index is 352. The summed E-state index contributed by atoms with van der Waals surface area (Å²) in [5.74, 6) is 1.55. The zero-order valence-electron chi connectivity index (χ0n) is 11.7. The molecule has 0 bridgehead atoms. The van der Waals surface area contributed by atoms with Gasteiger partial charge in [0.25, 0.3) is 0 Å². The van der Waals surface area contributed by atoms with Crippen molar-refractivity contribution in [1.29, 1.82) is 0 Å². The highest BCUT2D eigenvalue weighted by molar-refractivity contribution is 5.03. The number of unbranched alkanes of at least 4 members (excludes halogenated alkanes) is 1. The number of aryl methyl sites for hydroxylation is 1. The topological polar surface area (TPSA) is 56.7 Å². The van der Waals surface area contributed by atoms with E-state index in [1.54, 1.807) is 0 Å². The molecule has 18 heavy (non-hydrogen) atoms. The summed E-state index contributed by atoms with van der Waals surface area (Å²) in [5.41, 5.74) is 7.44. The molecule has 0 aromatic carbocycles. The highest BCUT2D eigenvalue weighted by Crippen LogP contribution is 2.37. The summed E-state index contributed by atoms with van der Waals surface area (Å²) in [6.07, 6.45) is 11.2. The van der Waals surface area contributed by atoms with Gasteiger partial charge in [-0.2, -0.15) is 0 Å².